The number of benzene rings is 2. The molecular weight excluding hydrogens is 457 g/mol. The second-order valence-corrected chi connectivity index (χ2v) is 8.68. The van der Waals surface area contributed by atoms with Crippen molar-refractivity contribution in [1.29, 1.82) is 0 Å². The Labute approximate surface area is 201 Å². The van der Waals surface area contributed by atoms with Gasteiger partial charge in [-0.25, -0.2) is 13.2 Å². The number of aryl methyl sites for hydroxylation is 1. The lowest BCUT2D eigenvalue weighted by molar-refractivity contribution is 0.140. The van der Waals surface area contributed by atoms with Crippen LogP contribution in [0.5, 0.6) is 5.75 Å². The van der Waals surface area contributed by atoms with Crippen LogP contribution in [-0.2, 0) is 11.9 Å². The van der Waals surface area contributed by atoms with E-state index >= 15 is 0 Å². The van der Waals surface area contributed by atoms with Gasteiger partial charge in [0.15, 0.2) is 23.3 Å². The highest BCUT2D eigenvalue weighted by Crippen LogP contribution is 2.36. The van der Waals surface area contributed by atoms with Crippen molar-refractivity contribution in [2.45, 2.75) is 25.3 Å². The van der Waals surface area contributed by atoms with E-state index in [1.54, 1.807) is 18.0 Å². The molecule has 5 rings (SSSR count). The molecule has 0 saturated carbocycles. The average molecular weight is 483 g/mol. The molecule has 1 unspecified atom stereocenters. The van der Waals surface area contributed by atoms with E-state index in [1.165, 1.54) is 0 Å². The van der Waals surface area contributed by atoms with Crippen molar-refractivity contribution in [2.24, 2.45) is 12.2 Å². The molecule has 35 heavy (non-hydrogen) atoms. The predicted molar refractivity (Wildman–Crippen MR) is 126 cm³/mol. The van der Waals surface area contributed by atoms with Gasteiger partial charge in [-0.05, 0) is 59.9 Å². The lowest BCUT2D eigenvalue weighted by Crippen LogP contribution is -2.39. The molecule has 0 aliphatic carbocycles. The zero-order valence-corrected chi connectivity index (χ0v) is 19.5. The fourth-order valence-electron chi connectivity index (χ4n) is 4.73. The largest absolute Gasteiger partial charge is 0.496 e. The monoisotopic (exact) mass is 482 g/mol. The van der Waals surface area contributed by atoms with Crippen LogP contribution in [0.25, 0.3) is 17.2 Å². The lowest BCUT2D eigenvalue weighted by Gasteiger charge is -2.36. The summed E-state index contributed by atoms with van der Waals surface area (Å²) in [6.45, 7) is 0.931. The molecule has 1 saturated heterocycles. The molecule has 182 valence electrons. The van der Waals surface area contributed by atoms with Crippen molar-refractivity contribution in [3.63, 3.8) is 0 Å². The van der Waals surface area contributed by atoms with E-state index in [2.05, 4.69) is 10.3 Å². The minimum absolute atomic E-state index is 0.284. The molecule has 1 aromatic heterocycles. The number of halogens is 3. The number of piperidine rings is 1. The third-order valence-corrected chi connectivity index (χ3v) is 6.39. The van der Waals surface area contributed by atoms with Crippen molar-refractivity contribution in [3.05, 3.63) is 76.9 Å². The SMILES string of the molecule is COc1cc(C=C2CCCN3C2=NOCCC3c2cc(F)c(F)c(F)c2)ccc1-c1cnn(C)c1. The number of aromatic nitrogens is 2. The number of hydrogen-bond acceptors (Lipinski definition) is 5. The van der Waals surface area contributed by atoms with Gasteiger partial charge >= 0.3 is 0 Å². The van der Waals surface area contributed by atoms with Crippen molar-refractivity contribution in [1.82, 2.24) is 14.7 Å². The molecule has 0 radical (unpaired) electrons. The number of fused-ring (bicyclic) bond motifs is 1. The molecule has 0 bridgehead atoms. The van der Waals surface area contributed by atoms with Gasteiger partial charge in [0.2, 0.25) is 0 Å². The number of methoxy groups -OCH3 is 1. The summed E-state index contributed by atoms with van der Waals surface area (Å²) in [5.74, 6) is -2.52. The highest BCUT2D eigenvalue weighted by atomic mass is 19.2. The number of ether oxygens (including phenoxy) is 1. The summed E-state index contributed by atoms with van der Waals surface area (Å²) in [5.41, 5.74) is 4.12. The third kappa shape index (κ3) is 4.50. The Kier molecular flexibility index (Phi) is 6.23. The smallest absolute Gasteiger partial charge is 0.194 e. The minimum Gasteiger partial charge on any atom is -0.496 e. The van der Waals surface area contributed by atoms with E-state index in [0.717, 1.165) is 47.2 Å². The number of rotatable bonds is 4. The summed E-state index contributed by atoms with van der Waals surface area (Å²) < 4.78 is 48.9. The number of amidine groups is 1. The van der Waals surface area contributed by atoms with Gasteiger partial charge in [0.25, 0.3) is 0 Å². The summed E-state index contributed by atoms with van der Waals surface area (Å²) >= 11 is 0. The molecule has 9 heteroatoms. The molecule has 3 heterocycles. The Morgan fingerprint density at radius 3 is 2.66 bits per heavy atom. The first kappa shape index (κ1) is 23.0. The van der Waals surface area contributed by atoms with Crippen LogP contribution in [0.3, 0.4) is 0 Å². The molecule has 0 N–H and O–H groups in total. The molecule has 2 aliphatic heterocycles. The van der Waals surface area contributed by atoms with Crippen LogP contribution in [0.2, 0.25) is 0 Å². The Bertz CT molecular complexity index is 1290. The number of nitrogens with zero attached hydrogens (tertiary/aromatic N) is 4. The first-order chi connectivity index (χ1) is 16.9. The summed E-state index contributed by atoms with van der Waals surface area (Å²) in [7, 11) is 3.49. The topological polar surface area (TPSA) is 51.9 Å². The molecule has 1 atom stereocenters. The summed E-state index contributed by atoms with van der Waals surface area (Å²) in [4.78, 5) is 7.50. The maximum absolute atomic E-state index is 14.0. The third-order valence-electron chi connectivity index (χ3n) is 6.39. The number of oxime groups is 1. The Balaban J connectivity index is 1.48. The molecule has 2 aliphatic rings. The molecule has 3 aromatic rings. The molecule has 6 nitrogen and oxygen atoms in total. The van der Waals surface area contributed by atoms with E-state index in [4.69, 9.17) is 9.57 Å². The quantitative estimate of drug-likeness (QED) is 0.463. The maximum atomic E-state index is 14.0. The second-order valence-electron chi connectivity index (χ2n) is 8.68. The summed E-state index contributed by atoms with van der Waals surface area (Å²) in [5, 5.41) is 8.57. The highest BCUT2D eigenvalue weighted by molar-refractivity contribution is 6.02. The first-order valence-corrected chi connectivity index (χ1v) is 11.4. The fourth-order valence-corrected chi connectivity index (χ4v) is 4.73. The van der Waals surface area contributed by atoms with Gasteiger partial charge in [-0.15, -0.1) is 0 Å². The van der Waals surface area contributed by atoms with E-state index in [1.807, 2.05) is 42.4 Å². The molecule has 0 spiro atoms. The van der Waals surface area contributed by atoms with Crippen molar-refractivity contribution < 1.29 is 22.7 Å². The molecule has 2 aromatic carbocycles. The number of hydrogen-bond donors (Lipinski definition) is 0. The first-order valence-electron chi connectivity index (χ1n) is 11.4. The van der Waals surface area contributed by atoms with Crippen LogP contribution in [0.4, 0.5) is 13.2 Å². The zero-order chi connectivity index (χ0) is 24.5. The van der Waals surface area contributed by atoms with Crippen LogP contribution < -0.4 is 4.74 Å². The van der Waals surface area contributed by atoms with Gasteiger partial charge in [0, 0.05) is 37.3 Å². The van der Waals surface area contributed by atoms with Crippen LogP contribution >= 0.6 is 0 Å². The lowest BCUT2D eigenvalue weighted by atomic mass is 9.94. The zero-order valence-electron chi connectivity index (χ0n) is 19.5. The van der Waals surface area contributed by atoms with Crippen molar-refractivity contribution in [3.8, 4) is 16.9 Å². The molecule has 1 fully saturated rings. The van der Waals surface area contributed by atoms with E-state index < -0.39 is 17.5 Å². The molecular formula is C26H25F3N4O2. The molecule has 0 amide bonds. The van der Waals surface area contributed by atoms with Gasteiger partial charge < -0.3 is 14.5 Å². The van der Waals surface area contributed by atoms with Gasteiger partial charge in [-0.1, -0.05) is 11.2 Å². The minimum atomic E-state index is -1.46. The Morgan fingerprint density at radius 2 is 1.94 bits per heavy atom. The van der Waals surface area contributed by atoms with Crippen LogP contribution in [-0.4, -0.2) is 40.8 Å². The van der Waals surface area contributed by atoms with Crippen LogP contribution in [0.15, 0.2) is 53.5 Å². The summed E-state index contributed by atoms with van der Waals surface area (Å²) in [6.07, 6.45) is 7.81. The van der Waals surface area contributed by atoms with Crippen molar-refractivity contribution >= 4 is 11.9 Å². The highest BCUT2D eigenvalue weighted by Gasteiger charge is 2.32. The van der Waals surface area contributed by atoms with Gasteiger partial charge in [-0.3, -0.25) is 4.68 Å². The van der Waals surface area contributed by atoms with E-state index in [-0.39, 0.29) is 12.6 Å². The standard InChI is InChI=1S/C26H25F3N4O2/c1-32-15-19(14-30-32)20-6-5-16(11-24(20)34-2)10-17-4-3-8-33-23(7-9-35-31-26(17)33)18-12-21(27)25(29)22(28)13-18/h5-6,10-15,23H,3-4,7-9H2,1-2H3. The van der Waals surface area contributed by atoms with Gasteiger partial charge in [0.1, 0.15) is 12.4 Å². The van der Waals surface area contributed by atoms with Crippen LogP contribution in [0.1, 0.15) is 36.4 Å². The Hall–Kier alpha value is -3.75. The van der Waals surface area contributed by atoms with E-state index in [9.17, 15) is 13.2 Å². The van der Waals surface area contributed by atoms with Crippen LogP contribution in [0, 0.1) is 17.5 Å². The second kappa shape index (κ2) is 9.48. The Morgan fingerprint density at radius 1 is 1.14 bits per heavy atom. The van der Waals surface area contributed by atoms with Crippen molar-refractivity contribution in [2.75, 3.05) is 20.3 Å². The maximum Gasteiger partial charge on any atom is 0.194 e. The predicted octanol–water partition coefficient (Wildman–Crippen LogP) is 5.47. The van der Waals surface area contributed by atoms with E-state index in [0.29, 0.717) is 30.1 Å². The summed E-state index contributed by atoms with van der Waals surface area (Å²) in [6, 6.07) is 7.68. The van der Waals surface area contributed by atoms with Gasteiger partial charge in [0.05, 0.1) is 19.3 Å². The normalized spacial score (nSPS) is 19.1. The van der Waals surface area contributed by atoms with Gasteiger partial charge in [-0.2, -0.15) is 5.10 Å². The fraction of sp³-hybridized carbons (Fsp3) is 0.308. The average Bonchev–Trinajstić information content (AvgIpc) is 3.16.